The highest BCUT2D eigenvalue weighted by Crippen LogP contribution is 2.24. The van der Waals surface area contributed by atoms with Crippen LogP contribution in [0.1, 0.15) is 17.2 Å². The zero-order valence-corrected chi connectivity index (χ0v) is 11.0. The number of para-hydroxylation sites is 1. The fraction of sp³-hybridized carbons (Fsp3) is 0.250. The van der Waals surface area contributed by atoms with E-state index in [1.807, 2.05) is 42.5 Å². The number of rotatable bonds is 6. The van der Waals surface area contributed by atoms with E-state index in [0.29, 0.717) is 6.54 Å². The fourth-order valence-electron chi connectivity index (χ4n) is 2.06. The van der Waals surface area contributed by atoms with Crippen molar-refractivity contribution in [2.75, 3.05) is 13.7 Å². The first-order valence-electron chi connectivity index (χ1n) is 6.36. The maximum absolute atomic E-state index is 9.56. The summed E-state index contributed by atoms with van der Waals surface area (Å²) in [5, 5.41) is 12.9. The molecule has 0 saturated heterocycles. The van der Waals surface area contributed by atoms with Crippen LogP contribution >= 0.6 is 0 Å². The predicted octanol–water partition coefficient (Wildman–Crippen LogP) is 2.52. The van der Waals surface area contributed by atoms with E-state index < -0.39 is 0 Å². The van der Waals surface area contributed by atoms with Gasteiger partial charge in [-0.25, -0.2) is 0 Å². The summed E-state index contributed by atoms with van der Waals surface area (Å²) in [6, 6.07) is 17.7. The van der Waals surface area contributed by atoms with Gasteiger partial charge in [0.05, 0.1) is 19.8 Å². The smallest absolute Gasteiger partial charge is 0.123 e. The Labute approximate surface area is 113 Å². The predicted molar refractivity (Wildman–Crippen MR) is 76.1 cm³/mol. The number of aliphatic hydroxyl groups is 1. The average Bonchev–Trinajstić information content (AvgIpc) is 2.49. The lowest BCUT2D eigenvalue weighted by Crippen LogP contribution is -2.24. The van der Waals surface area contributed by atoms with Crippen LogP contribution in [0.2, 0.25) is 0 Å². The van der Waals surface area contributed by atoms with Crippen LogP contribution in [0.15, 0.2) is 54.6 Å². The van der Waals surface area contributed by atoms with Crippen LogP contribution in [0.25, 0.3) is 0 Å². The minimum atomic E-state index is -0.128. The average molecular weight is 257 g/mol. The van der Waals surface area contributed by atoms with E-state index in [-0.39, 0.29) is 12.6 Å². The summed E-state index contributed by atoms with van der Waals surface area (Å²) in [7, 11) is 1.64. The number of nitrogens with one attached hydrogen (secondary N) is 1. The van der Waals surface area contributed by atoms with Gasteiger partial charge in [-0.1, -0.05) is 48.5 Å². The monoisotopic (exact) mass is 257 g/mol. The highest BCUT2D eigenvalue weighted by molar-refractivity contribution is 5.36. The molecule has 0 fully saturated rings. The molecule has 0 heterocycles. The lowest BCUT2D eigenvalue weighted by molar-refractivity contribution is 0.240. The topological polar surface area (TPSA) is 41.5 Å². The van der Waals surface area contributed by atoms with Gasteiger partial charge in [0.2, 0.25) is 0 Å². The molecule has 2 N–H and O–H groups in total. The number of hydrogen-bond acceptors (Lipinski definition) is 3. The Morgan fingerprint density at radius 2 is 1.74 bits per heavy atom. The van der Waals surface area contributed by atoms with Crippen LogP contribution in [0, 0.1) is 0 Å². The molecule has 100 valence electrons. The van der Waals surface area contributed by atoms with Crippen LogP contribution in [-0.4, -0.2) is 18.8 Å². The van der Waals surface area contributed by atoms with Crippen molar-refractivity contribution in [1.29, 1.82) is 0 Å². The first-order valence-corrected chi connectivity index (χ1v) is 6.36. The van der Waals surface area contributed by atoms with Crippen molar-refractivity contribution >= 4 is 0 Å². The van der Waals surface area contributed by atoms with Crippen molar-refractivity contribution < 1.29 is 9.84 Å². The van der Waals surface area contributed by atoms with Crippen LogP contribution in [0.4, 0.5) is 0 Å². The van der Waals surface area contributed by atoms with E-state index in [9.17, 15) is 5.11 Å². The molecule has 0 amide bonds. The molecular formula is C16H19NO2. The molecule has 19 heavy (non-hydrogen) atoms. The largest absolute Gasteiger partial charge is 0.496 e. The van der Waals surface area contributed by atoms with Crippen molar-refractivity contribution in [3.8, 4) is 5.75 Å². The third-order valence-electron chi connectivity index (χ3n) is 3.09. The molecule has 0 saturated carbocycles. The van der Waals surface area contributed by atoms with E-state index in [2.05, 4.69) is 17.4 Å². The quantitative estimate of drug-likeness (QED) is 0.835. The Balaban J connectivity index is 2.08. The molecule has 1 unspecified atom stereocenters. The zero-order chi connectivity index (χ0) is 13.5. The van der Waals surface area contributed by atoms with Gasteiger partial charge in [-0.15, -0.1) is 0 Å². The molecule has 2 aromatic carbocycles. The van der Waals surface area contributed by atoms with Crippen LogP contribution < -0.4 is 10.1 Å². The van der Waals surface area contributed by atoms with Gasteiger partial charge in [0.15, 0.2) is 0 Å². The van der Waals surface area contributed by atoms with Crippen molar-refractivity contribution in [3.05, 3.63) is 65.7 Å². The molecule has 3 nitrogen and oxygen atoms in total. The normalized spacial score (nSPS) is 12.1. The van der Waals surface area contributed by atoms with Crippen LogP contribution in [0.3, 0.4) is 0 Å². The van der Waals surface area contributed by atoms with E-state index in [1.54, 1.807) is 7.11 Å². The summed E-state index contributed by atoms with van der Waals surface area (Å²) >= 11 is 0. The summed E-state index contributed by atoms with van der Waals surface area (Å²) in [5.74, 6) is 0.794. The maximum Gasteiger partial charge on any atom is 0.123 e. The Morgan fingerprint density at radius 1 is 1.05 bits per heavy atom. The molecule has 0 radical (unpaired) electrons. The van der Waals surface area contributed by atoms with Gasteiger partial charge >= 0.3 is 0 Å². The van der Waals surface area contributed by atoms with Crippen molar-refractivity contribution in [2.24, 2.45) is 0 Å². The second-order valence-electron chi connectivity index (χ2n) is 4.34. The Morgan fingerprint density at radius 3 is 2.42 bits per heavy atom. The molecule has 2 aromatic rings. The van der Waals surface area contributed by atoms with E-state index >= 15 is 0 Å². The summed E-state index contributed by atoms with van der Waals surface area (Å²) < 4.78 is 5.33. The van der Waals surface area contributed by atoms with Gasteiger partial charge in [0, 0.05) is 12.1 Å². The molecule has 0 aromatic heterocycles. The number of benzene rings is 2. The second-order valence-corrected chi connectivity index (χ2v) is 4.34. The Hall–Kier alpha value is -1.84. The summed E-state index contributed by atoms with van der Waals surface area (Å²) in [6.45, 7) is 0.747. The molecule has 1 atom stereocenters. The number of hydrogen-bond donors (Lipinski definition) is 2. The van der Waals surface area contributed by atoms with E-state index in [0.717, 1.165) is 11.3 Å². The minimum absolute atomic E-state index is 0.0349. The second kappa shape index (κ2) is 6.92. The lowest BCUT2D eigenvalue weighted by atomic mass is 10.1. The number of ether oxygens (including phenoxy) is 1. The third-order valence-corrected chi connectivity index (χ3v) is 3.09. The third kappa shape index (κ3) is 3.56. The number of methoxy groups -OCH3 is 1. The Kier molecular flexibility index (Phi) is 4.95. The Bertz CT molecular complexity index is 499. The molecule has 0 aliphatic carbocycles. The minimum Gasteiger partial charge on any atom is -0.496 e. The summed E-state index contributed by atoms with van der Waals surface area (Å²) in [4.78, 5) is 0. The van der Waals surface area contributed by atoms with Gasteiger partial charge in [0.1, 0.15) is 5.75 Å². The first-order chi connectivity index (χ1) is 9.35. The van der Waals surface area contributed by atoms with Crippen molar-refractivity contribution in [1.82, 2.24) is 5.32 Å². The van der Waals surface area contributed by atoms with Gasteiger partial charge < -0.3 is 15.2 Å². The van der Waals surface area contributed by atoms with Crippen molar-refractivity contribution in [3.63, 3.8) is 0 Å². The highest BCUT2D eigenvalue weighted by Gasteiger charge is 2.14. The number of aliphatic hydroxyl groups excluding tert-OH is 1. The molecular weight excluding hydrogens is 238 g/mol. The molecule has 3 heteroatoms. The summed E-state index contributed by atoms with van der Waals surface area (Å²) in [5.41, 5.74) is 2.17. The van der Waals surface area contributed by atoms with Crippen molar-refractivity contribution in [2.45, 2.75) is 12.6 Å². The van der Waals surface area contributed by atoms with E-state index in [1.165, 1.54) is 5.56 Å². The molecule has 2 rings (SSSR count). The molecule has 0 spiro atoms. The fourth-order valence-corrected chi connectivity index (χ4v) is 2.06. The first kappa shape index (κ1) is 13.6. The van der Waals surface area contributed by atoms with E-state index in [4.69, 9.17) is 4.74 Å². The SMILES string of the molecule is COc1ccccc1C(CO)NCc1ccccc1. The highest BCUT2D eigenvalue weighted by atomic mass is 16.5. The molecule has 0 aliphatic heterocycles. The van der Waals surface area contributed by atoms with Crippen LogP contribution in [-0.2, 0) is 6.54 Å². The molecule has 0 bridgehead atoms. The lowest BCUT2D eigenvalue weighted by Gasteiger charge is -2.19. The van der Waals surface area contributed by atoms with Crippen LogP contribution in [0.5, 0.6) is 5.75 Å². The zero-order valence-electron chi connectivity index (χ0n) is 11.0. The van der Waals surface area contributed by atoms with Gasteiger partial charge in [-0.05, 0) is 11.6 Å². The maximum atomic E-state index is 9.56. The summed E-state index contributed by atoms with van der Waals surface area (Å²) in [6.07, 6.45) is 0. The molecule has 0 aliphatic rings. The standard InChI is InChI=1S/C16H19NO2/c1-19-16-10-6-5-9-14(16)15(12-18)17-11-13-7-3-2-4-8-13/h2-10,15,17-18H,11-12H2,1H3. The van der Waals surface area contributed by atoms with Gasteiger partial charge in [-0.3, -0.25) is 0 Å². The van der Waals surface area contributed by atoms with Gasteiger partial charge in [0.25, 0.3) is 0 Å². The van der Waals surface area contributed by atoms with Gasteiger partial charge in [-0.2, -0.15) is 0 Å².